The van der Waals surface area contributed by atoms with E-state index in [-0.39, 0.29) is 5.57 Å². The number of aryl methyl sites for hydroxylation is 1. The van der Waals surface area contributed by atoms with Gasteiger partial charge in [0.15, 0.2) is 5.13 Å². The first-order chi connectivity index (χ1) is 8.24. The van der Waals surface area contributed by atoms with Crippen molar-refractivity contribution in [3.05, 3.63) is 35.5 Å². The summed E-state index contributed by atoms with van der Waals surface area (Å²) in [5.41, 5.74) is 2.08. The number of nitriles is 2. The molecule has 17 heavy (non-hydrogen) atoms. The number of nitrogens with zero attached hydrogens (tertiary/aromatic N) is 3. The van der Waals surface area contributed by atoms with Crippen molar-refractivity contribution < 1.29 is 0 Å². The predicted molar refractivity (Wildman–Crippen MR) is 67.3 cm³/mol. The Kier molecular flexibility index (Phi) is 3.04. The summed E-state index contributed by atoms with van der Waals surface area (Å²) in [6, 6.07) is 9.53. The van der Waals surface area contributed by atoms with E-state index in [1.165, 1.54) is 17.5 Å². The number of allylic oxidation sites excluding steroid dienone is 1. The standard InChI is InChI=1S/C12H8N4S/c1-8-3-2-4-10-11(8)16-12(17-10)15-7-9(5-13)6-14/h2-4,7H,1H3,(H,15,16). The number of hydrogen-bond acceptors (Lipinski definition) is 5. The van der Waals surface area contributed by atoms with Gasteiger partial charge in [-0.15, -0.1) is 0 Å². The molecule has 1 heterocycles. The summed E-state index contributed by atoms with van der Waals surface area (Å²) in [5, 5.41) is 20.7. The van der Waals surface area contributed by atoms with E-state index in [4.69, 9.17) is 10.5 Å². The van der Waals surface area contributed by atoms with E-state index in [1.807, 2.05) is 25.1 Å². The van der Waals surface area contributed by atoms with Crippen molar-refractivity contribution in [2.45, 2.75) is 6.92 Å². The summed E-state index contributed by atoms with van der Waals surface area (Å²) < 4.78 is 1.08. The van der Waals surface area contributed by atoms with E-state index in [9.17, 15) is 0 Å². The highest BCUT2D eigenvalue weighted by molar-refractivity contribution is 7.22. The van der Waals surface area contributed by atoms with Crippen LogP contribution in [0.25, 0.3) is 10.2 Å². The molecule has 1 aromatic carbocycles. The molecule has 0 amide bonds. The molecular formula is C12H8N4S. The van der Waals surface area contributed by atoms with Gasteiger partial charge in [0.2, 0.25) is 0 Å². The van der Waals surface area contributed by atoms with Gasteiger partial charge in [-0.05, 0) is 18.6 Å². The molecule has 0 saturated heterocycles. The van der Waals surface area contributed by atoms with Crippen LogP contribution in [0.5, 0.6) is 0 Å². The van der Waals surface area contributed by atoms with E-state index >= 15 is 0 Å². The molecule has 0 unspecified atom stereocenters. The predicted octanol–water partition coefficient (Wildman–Crippen LogP) is 2.95. The normalized spacial score (nSPS) is 9.35. The molecule has 1 aromatic heterocycles. The smallest absolute Gasteiger partial charge is 0.187 e. The lowest BCUT2D eigenvalue weighted by Gasteiger charge is -1.91. The Morgan fingerprint density at radius 1 is 1.41 bits per heavy atom. The van der Waals surface area contributed by atoms with E-state index in [1.54, 1.807) is 12.1 Å². The fourth-order valence-corrected chi connectivity index (χ4v) is 2.28. The maximum atomic E-state index is 8.59. The summed E-state index contributed by atoms with van der Waals surface area (Å²) in [6.45, 7) is 2.00. The van der Waals surface area contributed by atoms with Crippen LogP contribution in [-0.2, 0) is 0 Å². The van der Waals surface area contributed by atoms with Crippen LogP contribution in [0.15, 0.2) is 30.0 Å². The highest BCUT2D eigenvalue weighted by atomic mass is 32.1. The van der Waals surface area contributed by atoms with Crippen molar-refractivity contribution in [1.29, 1.82) is 10.5 Å². The number of rotatable bonds is 2. The topological polar surface area (TPSA) is 72.5 Å². The quantitative estimate of drug-likeness (QED) is 0.819. The third kappa shape index (κ3) is 2.25. The average Bonchev–Trinajstić information content (AvgIpc) is 2.75. The number of hydrogen-bond donors (Lipinski definition) is 1. The van der Waals surface area contributed by atoms with Crippen LogP contribution in [0.2, 0.25) is 0 Å². The van der Waals surface area contributed by atoms with Crippen molar-refractivity contribution in [3.8, 4) is 12.1 Å². The zero-order chi connectivity index (χ0) is 12.3. The molecule has 0 saturated carbocycles. The minimum Gasteiger partial charge on any atom is -0.336 e. The number of fused-ring (bicyclic) bond motifs is 1. The third-order valence-electron chi connectivity index (χ3n) is 2.20. The fourth-order valence-electron chi connectivity index (χ4n) is 1.37. The Bertz CT molecular complexity index is 654. The zero-order valence-corrected chi connectivity index (χ0v) is 9.88. The monoisotopic (exact) mass is 240 g/mol. The fraction of sp³-hybridized carbons (Fsp3) is 0.0833. The van der Waals surface area contributed by atoms with E-state index in [0.717, 1.165) is 15.8 Å². The van der Waals surface area contributed by atoms with Gasteiger partial charge in [-0.2, -0.15) is 10.5 Å². The van der Waals surface area contributed by atoms with Gasteiger partial charge in [-0.1, -0.05) is 23.5 Å². The molecule has 1 N–H and O–H groups in total. The minimum absolute atomic E-state index is 0.0287. The molecule has 0 aliphatic heterocycles. The van der Waals surface area contributed by atoms with Crippen molar-refractivity contribution in [3.63, 3.8) is 0 Å². The molecule has 0 fully saturated rings. The molecule has 82 valence electrons. The van der Waals surface area contributed by atoms with Gasteiger partial charge in [-0.25, -0.2) is 4.98 Å². The van der Waals surface area contributed by atoms with Crippen molar-refractivity contribution in [1.82, 2.24) is 4.98 Å². The van der Waals surface area contributed by atoms with Gasteiger partial charge in [-0.3, -0.25) is 0 Å². The van der Waals surface area contributed by atoms with Crippen LogP contribution < -0.4 is 5.32 Å². The third-order valence-corrected chi connectivity index (χ3v) is 3.15. The van der Waals surface area contributed by atoms with E-state index in [2.05, 4.69) is 10.3 Å². The van der Waals surface area contributed by atoms with Gasteiger partial charge in [0.05, 0.1) is 10.2 Å². The van der Waals surface area contributed by atoms with Gasteiger partial charge in [0.1, 0.15) is 17.7 Å². The van der Waals surface area contributed by atoms with Crippen LogP contribution in [0, 0.1) is 29.6 Å². The molecule has 0 atom stereocenters. The lowest BCUT2D eigenvalue weighted by Crippen LogP contribution is -1.88. The summed E-state index contributed by atoms with van der Waals surface area (Å²) in [4.78, 5) is 4.40. The number of benzene rings is 1. The Morgan fingerprint density at radius 2 is 2.18 bits per heavy atom. The second kappa shape index (κ2) is 4.65. The molecular weight excluding hydrogens is 232 g/mol. The summed E-state index contributed by atoms with van der Waals surface area (Å²) in [6.07, 6.45) is 1.37. The molecule has 0 bridgehead atoms. The second-order valence-electron chi connectivity index (χ2n) is 3.37. The highest BCUT2D eigenvalue weighted by Crippen LogP contribution is 2.27. The Labute approximate surface area is 102 Å². The number of para-hydroxylation sites is 1. The number of nitrogens with one attached hydrogen (secondary N) is 1. The molecule has 5 heteroatoms. The van der Waals surface area contributed by atoms with Crippen LogP contribution >= 0.6 is 11.3 Å². The largest absolute Gasteiger partial charge is 0.336 e. The van der Waals surface area contributed by atoms with Gasteiger partial charge in [0.25, 0.3) is 0 Å². The molecule has 2 aromatic rings. The molecule has 0 spiro atoms. The first-order valence-corrected chi connectivity index (χ1v) is 5.69. The first-order valence-electron chi connectivity index (χ1n) is 4.87. The number of anilines is 1. The van der Waals surface area contributed by atoms with E-state index in [0.29, 0.717) is 5.13 Å². The van der Waals surface area contributed by atoms with Crippen LogP contribution in [0.4, 0.5) is 5.13 Å². The molecule has 0 aliphatic carbocycles. The lowest BCUT2D eigenvalue weighted by molar-refractivity contribution is 1.39. The molecule has 4 nitrogen and oxygen atoms in total. The average molecular weight is 240 g/mol. The molecule has 2 rings (SSSR count). The second-order valence-corrected chi connectivity index (χ2v) is 4.40. The van der Waals surface area contributed by atoms with Crippen molar-refractivity contribution in [2.24, 2.45) is 0 Å². The summed E-state index contributed by atoms with van der Waals surface area (Å²) in [7, 11) is 0. The van der Waals surface area contributed by atoms with Gasteiger partial charge < -0.3 is 5.32 Å². The van der Waals surface area contributed by atoms with E-state index < -0.39 is 0 Å². The lowest BCUT2D eigenvalue weighted by atomic mass is 10.2. The van der Waals surface area contributed by atoms with Crippen LogP contribution in [0.1, 0.15) is 5.56 Å². The molecule has 0 aliphatic rings. The number of thiazole rings is 1. The highest BCUT2D eigenvalue weighted by Gasteiger charge is 2.04. The van der Waals surface area contributed by atoms with Gasteiger partial charge in [0, 0.05) is 6.20 Å². The maximum Gasteiger partial charge on any atom is 0.187 e. The zero-order valence-electron chi connectivity index (χ0n) is 9.06. The van der Waals surface area contributed by atoms with Crippen LogP contribution in [0.3, 0.4) is 0 Å². The number of aromatic nitrogens is 1. The maximum absolute atomic E-state index is 8.59. The van der Waals surface area contributed by atoms with Crippen molar-refractivity contribution >= 4 is 26.7 Å². The minimum atomic E-state index is 0.0287. The molecule has 0 radical (unpaired) electrons. The Morgan fingerprint density at radius 3 is 2.82 bits per heavy atom. The Hall–Kier alpha value is -2.37. The Balaban J connectivity index is 2.34. The summed E-state index contributed by atoms with van der Waals surface area (Å²) in [5.74, 6) is 0. The van der Waals surface area contributed by atoms with Crippen molar-refractivity contribution in [2.75, 3.05) is 5.32 Å². The summed E-state index contributed by atoms with van der Waals surface area (Å²) >= 11 is 1.49. The van der Waals surface area contributed by atoms with Crippen LogP contribution in [-0.4, -0.2) is 4.98 Å². The SMILES string of the molecule is Cc1cccc2sc(NC=C(C#N)C#N)nc12. The van der Waals surface area contributed by atoms with Gasteiger partial charge >= 0.3 is 0 Å². The first kappa shape index (κ1) is 11.1.